The van der Waals surface area contributed by atoms with Crippen molar-refractivity contribution in [2.75, 3.05) is 32.8 Å². The number of nitrogens with one attached hydrogen (secondary N) is 1. The van der Waals surface area contributed by atoms with Crippen LogP contribution in [-0.2, 0) is 4.74 Å². The van der Waals surface area contributed by atoms with E-state index < -0.39 is 0 Å². The topological polar surface area (TPSA) is 24.5 Å². The fourth-order valence-corrected chi connectivity index (χ4v) is 2.94. The minimum Gasteiger partial charge on any atom is -0.377 e. The van der Waals surface area contributed by atoms with Gasteiger partial charge in [0.05, 0.1) is 6.10 Å². The van der Waals surface area contributed by atoms with Crippen molar-refractivity contribution < 1.29 is 4.74 Å². The van der Waals surface area contributed by atoms with E-state index in [1.807, 2.05) is 0 Å². The molecule has 3 heteroatoms. The predicted octanol–water partition coefficient (Wildman–Crippen LogP) is 1.88. The molecule has 1 unspecified atom stereocenters. The smallest absolute Gasteiger partial charge is 0.0700 e. The van der Waals surface area contributed by atoms with Crippen molar-refractivity contribution in [2.45, 2.75) is 51.7 Å². The van der Waals surface area contributed by atoms with Crippen LogP contribution in [0.2, 0.25) is 0 Å². The summed E-state index contributed by atoms with van der Waals surface area (Å²) < 4.78 is 5.64. The highest BCUT2D eigenvalue weighted by Gasteiger charge is 2.21. The first kappa shape index (κ1) is 13.3. The van der Waals surface area contributed by atoms with Crippen molar-refractivity contribution in [3.8, 4) is 0 Å². The molecule has 17 heavy (non-hydrogen) atoms. The van der Waals surface area contributed by atoms with Gasteiger partial charge in [-0.05, 0) is 44.7 Å². The molecule has 0 amide bonds. The molecule has 0 radical (unpaired) electrons. The third kappa shape index (κ3) is 4.57. The van der Waals surface area contributed by atoms with Crippen LogP contribution in [0.15, 0.2) is 0 Å². The number of likely N-dealkylation sites (tertiary alicyclic amines) is 1. The zero-order valence-electron chi connectivity index (χ0n) is 11.5. The number of nitrogens with zero attached hydrogens (tertiary/aromatic N) is 1. The van der Waals surface area contributed by atoms with Crippen LogP contribution in [0.1, 0.15) is 39.5 Å². The standard InChI is InChI=1S/C14H28N2O/c1-12(2)11-16-7-5-13(6-8-16)15-10-14-4-3-9-17-14/h12-15H,3-11H2,1-2H3. The lowest BCUT2D eigenvalue weighted by atomic mass is 10.0. The molecule has 100 valence electrons. The summed E-state index contributed by atoms with van der Waals surface area (Å²) in [5.74, 6) is 0.798. The Hall–Kier alpha value is -0.120. The summed E-state index contributed by atoms with van der Waals surface area (Å²) in [5, 5.41) is 3.69. The Kier molecular flexibility index (Phi) is 5.26. The summed E-state index contributed by atoms with van der Waals surface area (Å²) in [6, 6.07) is 0.725. The van der Waals surface area contributed by atoms with E-state index in [1.165, 1.54) is 45.3 Å². The molecular weight excluding hydrogens is 212 g/mol. The van der Waals surface area contributed by atoms with Gasteiger partial charge < -0.3 is 15.0 Å². The molecule has 3 nitrogen and oxygen atoms in total. The molecule has 2 saturated heterocycles. The molecule has 0 spiro atoms. The van der Waals surface area contributed by atoms with Crippen molar-refractivity contribution in [3.63, 3.8) is 0 Å². The van der Waals surface area contributed by atoms with Gasteiger partial charge in [0.1, 0.15) is 0 Å². The zero-order chi connectivity index (χ0) is 12.1. The molecule has 1 atom stereocenters. The second kappa shape index (κ2) is 6.72. The van der Waals surface area contributed by atoms with Gasteiger partial charge in [-0.25, -0.2) is 0 Å². The quantitative estimate of drug-likeness (QED) is 0.794. The van der Waals surface area contributed by atoms with Gasteiger partial charge >= 0.3 is 0 Å². The predicted molar refractivity (Wildman–Crippen MR) is 71.3 cm³/mol. The molecule has 2 heterocycles. The minimum absolute atomic E-state index is 0.490. The van der Waals surface area contributed by atoms with Crippen LogP contribution in [0.3, 0.4) is 0 Å². The fourth-order valence-electron chi connectivity index (χ4n) is 2.94. The van der Waals surface area contributed by atoms with E-state index in [2.05, 4.69) is 24.1 Å². The molecule has 2 rings (SSSR count). The normalized spacial score (nSPS) is 28.1. The van der Waals surface area contributed by atoms with Crippen molar-refractivity contribution in [3.05, 3.63) is 0 Å². The number of rotatable bonds is 5. The first-order valence-electron chi connectivity index (χ1n) is 7.31. The molecule has 0 bridgehead atoms. The summed E-state index contributed by atoms with van der Waals surface area (Å²) >= 11 is 0. The Morgan fingerprint density at radius 1 is 1.24 bits per heavy atom. The van der Waals surface area contributed by atoms with Gasteiger partial charge in [0, 0.05) is 25.7 Å². The molecule has 1 N–H and O–H groups in total. The number of hydrogen-bond donors (Lipinski definition) is 1. The highest BCUT2D eigenvalue weighted by atomic mass is 16.5. The summed E-state index contributed by atoms with van der Waals surface area (Å²) in [7, 11) is 0. The maximum absolute atomic E-state index is 5.64. The van der Waals surface area contributed by atoms with E-state index in [-0.39, 0.29) is 0 Å². The van der Waals surface area contributed by atoms with Gasteiger partial charge in [0.15, 0.2) is 0 Å². The lowest BCUT2D eigenvalue weighted by Gasteiger charge is -2.33. The Bertz CT molecular complexity index is 206. The third-order valence-electron chi connectivity index (χ3n) is 3.87. The Morgan fingerprint density at radius 3 is 2.59 bits per heavy atom. The summed E-state index contributed by atoms with van der Waals surface area (Å²) in [6.07, 6.45) is 5.60. The van der Waals surface area contributed by atoms with Gasteiger partial charge in [-0.1, -0.05) is 13.8 Å². The van der Waals surface area contributed by atoms with Crippen molar-refractivity contribution in [1.29, 1.82) is 0 Å². The summed E-state index contributed by atoms with van der Waals surface area (Å²) in [6.45, 7) is 10.4. The zero-order valence-corrected chi connectivity index (χ0v) is 11.5. The fraction of sp³-hybridized carbons (Fsp3) is 1.00. The first-order chi connectivity index (χ1) is 8.24. The highest BCUT2D eigenvalue weighted by molar-refractivity contribution is 4.79. The molecule has 0 aromatic heterocycles. The van der Waals surface area contributed by atoms with E-state index >= 15 is 0 Å². The van der Waals surface area contributed by atoms with E-state index in [9.17, 15) is 0 Å². The number of ether oxygens (including phenoxy) is 1. The largest absolute Gasteiger partial charge is 0.377 e. The van der Waals surface area contributed by atoms with E-state index in [0.717, 1.165) is 25.1 Å². The lowest BCUT2D eigenvalue weighted by Crippen LogP contribution is -2.45. The number of piperidine rings is 1. The molecule has 2 fully saturated rings. The molecule has 2 aliphatic heterocycles. The minimum atomic E-state index is 0.490. The Balaban J connectivity index is 1.58. The number of hydrogen-bond acceptors (Lipinski definition) is 3. The van der Waals surface area contributed by atoms with Gasteiger partial charge in [0.2, 0.25) is 0 Å². The Labute approximate surface area is 106 Å². The van der Waals surface area contributed by atoms with Gasteiger partial charge in [-0.2, -0.15) is 0 Å². The maximum atomic E-state index is 5.64. The molecule has 2 aliphatic rings. The molecule has 0 aromatic carbocycles. The average molecular weight is 240 g/mol. The third-order valence-corrected chi connectivity index (χ3v) is 3.87. The van der Waals surface area contributed by atoms with Crippen LogP contribution >= 0.6 is 0 Å². The second-order valence-corrected chi connectivity index (χ2v) is 6.01. The lowest BCUT2D eigenvalue weighted by molar-refractivity contribution is 0.101. The van der Waals surface area contributed by atoms with Gasteiger partial charge in [0.25, 0.3) is 0 Å². The Morgan fingerprint density at radius 2 is 2.00 bits per heavy atom. The second-order valence-electron chi connectivity index (χ2n) is 6.01. The highest BCUT2D eigenvalue weighted by Crippen LogP contribution is 2.14. The van der Waals surface area contributed by atoms with Crippen LogP contribution in [0.5, 0.6) is 0 Å². The van der Waals surface area contributed by atoms with Gasteiger partial charge in [-0.3, -0.25) is 0 Å². The molecule has 0 saturated carbocycles. The average Bonchev–Trinajstić information content (AvgIpc) is 2.80. The SMILES string of the molecule is CC(C)CN1CCC(NCC2CCCO2)CC1. The maximum Gasteiger partial charge on any atom is 0.0700 e. The van der Waals surface area contributed by atoms with E-state index in [1.54, 1.807) is 0 Å². The van der Waals surface area contributed by atoms with Gasteiger partial charge in [-0.15, -0.1) is 0 Å². The van der Waals surface area contributed by atoms with Crippen molar-refractivity contribution in [1.82, 2.24) is 10.2 Å². The van der Waals surface area contributed by atoms with Crippen molar-refractivity contribution in [2.24, 2.45) is 5.92 Å². The summed E-state index contributed by atoms with van der Waals surface area (Å²) in [4.78, 5) is 2.61. The van der Waals surface area contributed by atoms with Crippen molar-refractivity contribution >= 4 is 0 Å². The van der Waals surface area contributed by atoms with Crippen LogP contribution in [0, 0.1) is 5.92 Å². The molecule has 0 aromatic rings. The van der Waals surface area contributed by atoms with Crippen LogP contribution < -0.4 is 5.32 Å². The molecule has 0 aliphatic carbocycles. The van der Waals surface area contributed by atoms with E-state index in [4.69, 9.17) is 4.74 Å². The first-order valence-corrected chi connectivity index (χ1v) is 7.31. The monoisotopic (exact) mass is 240 g/mol. The van der Waals surface area contributed by atoms with Crippen LogP contribution in [0.25, 0.3) is 0 Å². The van der Waals surface area contributed by atoms with Crippen LogP contribution in [-0.4, -0.2) is 49.8 Å². The summed E-state index contributed by atoms with van der Waals surface area (Å²) in [5.41, 5.74) is 0. The molecular formula is C14H28N2O. The van der Waals surface area contributed by atoms with Crippen LogP contribution in [0.4, 0.5) is 0 Å². The van der Waals surface area contributed by atoms with E-state index in [0.29, 0.717) is 6.10 Å².